The van der Waals surface area contributed by atoms with Gasteiger partial charge in [-0.25, -0.2) is 14.3 Å². The third-order valence-electron chi connectivity index (χ3n) is 7.73. The zero-order chi connectivity index (χ0) is 28.7. The Labute approximate surface area is 243 Å². The Kier molecular flexibility index (Phi) is 7.09. The van der Waals surface area contributed by atoms with Crippen molar-refractivity contribution < 1.29 is 9.53 Å². The SMILES string of the molecule is C=CC(=O)N1C[C@H](C)N(c2nc(=O)n3c4nc(c(Cl)cc24)-c2ccccc2OC/C=C/Cc2ccccc2-3)C[C@H]1C. The molecular formula is C32H30ClN5O3. The standard InChI is InChI=1S/C32H30ClN5O3/c1-4-28(39)36-18-21(3)37(19-20(36)2)30-24-17-25(33)29-23-13-6-8-15-27(23)41-16-10-9-12-22-11-5-7-14-26(22)38(31(24)34-29)32(40)35-30/h4-11,13-15,17,20-21H,1,12,16,18-19H2,2-3H3/b10-9+/t20-,21+/m1/s1. The first-order valence-corrected chi connectivity index (χ1v) is 14.0. The van der Waals surface area contributed by atoms with E-state index in [-0.39, 0.29) is 18.0 Å². The molecule has 9 heteroatoms. The monoisotopic (exact) mass is 567 g/mol. The lowest BCUT2D eigenvalue weighted by atomic mass is 10.1. The second kappa shape index (κ2) is 10.9. The van der Waals surface area contributed by atoms with Gasteiger partial charge in [-0.05, 0) is 56.2 Å². The maximum atomic E-state index is 14.0. The summed E-state index contributed by atoms with van der Waals surface area (Å²) in [6.45, 7) is 8.99. The van der Waals surface area contributed by atoms with Crippen LogP contribution in [0, 0.1) is 0 Å². The van der Waals surface area contributed by atoms with Crippen LogP contribution >= 0.6 is 11.6 Å². The lowest BCUT2D eigenvalue weighted by Gasteiger charge is -2.44. The Bertz CT molecular complexity index is 1760. The van der Waals surface area contributed by atoms with Crippen LogP contribution in [0.3, 0.4) is 0 Å². The smallest absolute Gasteiger partial charge is 0.355 e. The number of hydrogen-bond donors (Lipinski definition) is 0. The van der Waals surface area contributed by atoms with Gasteiger partial charge in [-0.1, -0.05) is 60.7 Å². The summed E-state index contributed by atoms with van der Waals surface area (Å²) in [5.41, 5.74) is 2.93. The summed E-state index contributed by atoms with van der Waals surface area (Å²) in [7, 11) is 0. The maximum absolute atomic E-state index is 14.0. The van der Waals surface area contributed by atoms with Gasteiger partial charge in [0.2, 0.25) is 5.91 Å². The molecule has 2 aliphatic rings. The van der Waals surface area contributed by atoms with Gasteiger partial charge in [-0.3, -0.25) is 4.79 Å². The van der Waals surface area contributed by atoms with E-state index in [2.05, 4.69) is 16.5 Å². The Morgan fingerprint density at radius 2 is 1.83 bits per heavy atom. The number of rotatable bonds is 2. The second-order valence-corrected chi connectivity index (χ2v) is 10.8. The molecule has 2 aromatic carbocycles. The van der Waals surface area contributed by atoms with E-state index in [9.17, 15) is 9.59 Å². The van der Waals surface area contributed by atoms with Gasteiger partial charge in [0, 0.05) is 30.7 Å². The number of carbonyl (C=O) groups is 1. The molecule has 1 fully saturated rings. The summed E-state index contributed by atoms with van der Waals surface area (Å²) in [6.07, 6.45) is 5.94. The summed E-state index contributed by atoms with van der Waals surface area (Å²) in [4.78, 5) is 40.0. The third kappa shape index (κ3) is 4.78. The number of nitrogens with zero attached hydrogens (tertiary/aromatic N) is 5. The van der Waals surface area contributed by atoms with Crippen LogP contribution in [0.5, 0.6) is 5.75 Å². The Balaban J connectivity index is 1.63. The van der Waals surface area contributed by atoms with Crippen LogP contribution in [0.2, 0.25) is 5.02 Å². The molecule has 0 aliphatic carbocycles. The van der Waals surface area contributed by atoms with E-state index in [1.807, 2.05) is 80.6 Å². The highest BCUT2D eigenvalue weighted by Gasteiger charge is 2.34. The van der Waals surface area contributed by atoms with Gasteiger partial charge >= 0.3 is 5.69 Å². The van der Waals surface area contributed by atoms with Crippen molar-refractivity contribution in [3.05, 3.63) is 100 Å². The van der Waals surface area contributed by atoms with E-state index in [4.69, 9.17) is 21.3 Å². The van der Waals surface area contributed by atoms with E-state index in [0.717, 1.165) is 11.1 Å². The molecule has 1 amide bonds. The van der Waals surface area contributed by atoms with E-state index in [1.54, 1.807) is 9.47 Å². The van der Waals surface area contributed by atoms with Crippen LogP contribution in [0.15, 0.2) is 84.2 Å². The van der Waals surface area contributed by atoms with Gasteiger partial charge < -0.3 is 14.5 Å². The average Bonchev–Trinajstić information content (AvgIpc) is 2.98. The Hall–Kier alpha value is -4.43. The molecule has 208 valence electrons. The first-order chi connectivity index (χ1) is 19.9. The molecule has 41 heavy (non-hydrogen) atoms. The Morgan fingerprint density at radius 3 is 2.66 bits per heavy atom. The number of benzene rings is 2. The number of pyridine rings is 1. The number of carbonyl (C=O) groups excluding carboxylic acids is 1. The molecule has 0 spiro atoms. The zero-order valence-corrected chi connectivity index (χ0v) is 23.7. The van der Waals surface area contributed by atoms with Crippen molar-refractivity contribution in [2.24, 2.45) is 0 Å². The number of anilines is 1. The van der Waals surface area contributed by atoms with Crippen molar-refractivity contribution in [3.63, 3.8) is 0 Å². The van der Waals surface area contributed by atoms with Crippen molar-refractivity contribution in [1.29, 1.82) is 0 Å². The molecule has 6 rings (SSSR count). The molecule has 0 radical (unpaired) electrons. The van der Waals surface area contributed by atoms with Crippen molar-refractivity contribution in [3.8, 4) is 22.7 Å². The van der Waals surface area contributed by atoms with Crippen LogP contribution in [0.25, 0.3) is 28.0 Å². The third-order valence-corrected chi connectivity index (χ3v) is 8.02. The first kappa shape index (κ1) is 26.8. The maximum Gasteiger partial charge on any atom is 0.355 e. The predicted molar refractivity (Wildman–Crippen MR) is 162 cm³/mol. The summed E-state index contributed by atoms with van der Waals surface area (Å²) in [6, 6.07) is 17.0. The zero-order valence-electron chi connectivity index (χ0n) is 23.0. The van der Waals surface area contributed by atoms with Crippen molar-refractivity contribution in [2.75, 3.05) is 24.6 Å². The van der Waals surface area contributed by atoms with E-state index in [1.165, 1.54) is 6.08 Å². The van der Waals surface area contributed by atoms with Gasteiger partial charge in [-0.2, -0.15) is 4.98 Å². The van der Waals surface area contributed by atoms with Gasteiger partial charge in [0.05, 0.1) is 21.8 Å². The van der Waals surface area contributed by atoms with Crippen LogP contribution in [0.4, 0.5) is 5.82 Å². The summed E-state index contributed by atoms with van der Waals surface area (Å²) in [5, 5.41) is 1.07. The molecule has 2 bridgehead atoms. The number of ether oxygens (including phenoxy) is 1. The summed E-state index contributed by atoms with van der Waals surface area (Å²) in [5.74, 6) is 1.03. The molecule has 0 N–H and O–H groups in total. The molecular weight excluding hydrogens is 538 g/mol. The average molecular weight is 568 g/mol. The van der Waals surface area contributed by atoms with Gasteiger partial charge in [0.1, 0.15) is 18.2 Å². The molecule has 8 nitrogen and oxygen atoms in total. The van der Waals surface area contributed by atoms with E-state index < -0.39 is 5.69 Å². The predicted octanol–water partition coefficient (Wildman–Crippen LogP) is 5.20. The number of fused-ring (bicyclic) bond motifs is 5. The first-order valence-electron chi connectivity index (χ1n) is 13.7. The molecule has 4 aromatic rings. The van der Waals surface area contributed by atoms with Gasteiger partial charge in [-0.15, -0.1) is 0 Å². The van der Waals surface area contributed by atoms with E-state index in [0.29, 0.717) is 65.1 Å². The molecule has 2 atom stereocenters. The summed E-state index contributed by atoms with van der Waals surface area (Å²) < 4.78 is 7.68. The number of aromatic nitrogens is 3. The molecule has 2 aromatic heterocycles. The van der Waals surface area contributed by atoms with Gasteiger partial charge in [0.15, 0.2) is 5.65 Å². The minimum absolute atomic E-state index is 0.111. The molecule has 4 heterocycles. The van der Waals surface area contributed by atoms with Crippen LogP contribution < -0.4 is 15.3 Å². The topological polar surface area (TPSA) is 80.6 Å². The number of piperazine rings is 1. The lowest BCUT2D eigenvalue weighted by Crippen LogP contribution is -2.58. The highest BCUT2D eigenvalue weighted by molar-refractivity contribution is 6.34. The quantitative estimate of drug-likeness (QED) is 0.244. The van der Waals surface area contributed by atoms with Gasteiger partial charge in [0.25, 0.3) is 0 Å². The molecule has 2 aliphatic heterocycles. The number of halogens is 1. The molecule has 0 unspecified atom stereocenters. The highest BCUT2D eigenvalue weighted by atomic mass is 35.5. The fraction of sp³-hybridized carbons (Fsp3) is 0.250. The number of hydrogen-bond acceptors (Lipinski definition) is 6. The van der Waals surface area contributed by atoms with Crippen LogP contribution in [-0.2, 0) is 11.2 Å². The highest BCUT2D eigenvalue weighted by Crippen LogP contribution is 2.38. The fourth-order valence-corrected chi connectivity index (χ4v) is 5.94. The van der Waals surface area contributed by atoms with E-state index >= 15 is 0 Å². The van der Waals surface area contributed by atoms with Crippen LogP contribution in [0.1, 0.15) is 19.4 Å². The van der Waals surface area contributed by atoms with Crippen molar-refractivity contribution >= 4 is 34.4 Å². The molecule has 0 saturated carbocycles. The minimum Gasteiger partial charge on any atom is -0.489 e. The second-order valence-electron chi connectivity index (χ2n) is 10.4. The number of amides is 1. The largest absolute Gasteiger partial charge is 0.489 e. The minimum atomic E-state index is -0.437. The lowest BCUT2D eigenvalue weighted by molar-refractivity contribution is -0.128. The number of para-hydroxylation sites is 2. The number of allylic oxidation sites excluding steroid dienone is 1. The van der Waals surface area contributed by atoms with Crippen molar-refractivity contribution in [1.82, 2.24) is 19.4 Å². The molecule has 1 saturated heterocycles. The van der Waals surface area contributed by atoms with Crippen molar-refractivity contribution in [2.45, 2.75) is 32.4 Å². The summed E-state index contributed by atoms with van der Waals surface area (Å²) >= 11 is 6.96. The van der Waals surface area contributed by atoms with Crippen LogP contribution in [-0.4, -0.2) is 57.1 Å². The Morgan fingerprint density at radius 1 is 1.05 bits per heavy atom. The normalized spacial score (nSPS) is 19.3. The fourth-order valence-electron chi connectivity index (χ4n) is 5.68.